The summed E-state index contributed by atoms with van der Waals surface area (Å²) in [5.41, 5.74) is 0.366. The summed E-state index contributed by atoms with van der Waals surface area (Å²) in [6.07, 6.45) is -0.454. The van der Waals surface area contributed by atoms with Crippen LogP contribution in [0.25, 0.3) is 0 Å². The highest BCUT2D eigenvalue weighted by molar-refractivity contribution is 6.21. The van der Waals surface area contributed by atoms with E-state index in [4.69, 9.17) is 25.8 Å². The zero-order valence-electron chi connectivity index (χ0n) is 11.4. The van der Waals surface area contributed by atoms with Crippen LogP contribution in [0.3, 0.4) is 0 Å². The van der Waals surface area contributed by atoms with Crippen LogP contribution in [0.2, 0.25) is 0 Å². The van der Waals surface area contributed by atoms with Crippen molar-refractivity contribution >= 4 is 11.6 Å². The Bertz CT molecular complexity index is 647. The monoisotopic (exact) mass is 308 g/mol. The van der Waals surface area contributed by atoms with E-state index in [2.05, 4.69) is 0 Å². The standard InChI is InChI=1S/C16H14ClFO3/c1-19-10-6-7-11(12(18)8-10)16(17)15-9-20-13-4-2-3-5-14(13)21-15/h2-8,15-16H,9H2,1H3. The highest BCUT2D eigenvalue weighted by atomic mass is 35.5. The molecular formula is C16H14ClFO3. The molecule has 2 aromatic rings. The van der Waals surface area contributed by atoms with Crippen molar-refractivity contribution in [2.75, 3.05) is 13.7 Å². The predicted molar refractivity (Wildman–Crippen MR) is 77.9 cm³/mol. The molecule has 2 atom stereocenters. The van der Waals surface area contributed by atoms with Gasteiger partial charge in [0.15, 0.2) is 17.6 Å². The third kappa shape index (κ3) is 2.76. The Balaban J connectivity index is 1.82. The molecule has 0 bridgehead atoms. The number of ether oxygens (including phenoxy) is 3. The fourth-order valence-electron chi connectivity index (χ4n) is 2.24. The van der Waals surface area contributed by atoms with Gasteiger partial charge in [-0.05, 0) is 18.2 Å². The lowest BCUT2D eigenvalue weighted by molar-refractivity contribution is 0.0870. The van der Waals surface area contributed by atoms with Gasteiger partial charge >= 0.3 is 0 Å². The van der Waals surface area contributed by atoms with Crippen molar-refractivity contribution in [2.24, 2.45) is 0 Å². The highest BCUT2D eigenvalue weighted by Gasteiger charge is 2.30. The molecule has 2 unspecified atom stereocenters. The molecule has 1 aliphatic heterocycles. The maximum atomic E-state index is 14.1. The van der Waals surface area contributed by atoms with Gasteiger partial charge in [0, 0.05) is 11.6 Å². The van der Waals surface area contributed by atoms with Gasteiger partial charge in [-0.3, -0.25) is 0 Å². The van der Waals surface area contributed by atoms with Gasteiger partial charge in [-0.1, -0.05) is 18.2 Å². The second-order valence-corrected chi connectivity index (χ2v) is 5.17. The molecule has 0 saturated carbocycles. The first-order chi connectivity index (χ1) is 10.2. The van der Waals surface area contributed by atoms with Crippen LogP contribution in [-0.2, 0) is 0 Å². The highest BCUT2D eigenvalue weighted by Crippen LogP contribution is 2.37. The summed E-state index contributed by atoms with van der Waals surface area (Å²) in [4.78, 5) is 0. The molecule has 110 valence electrons. The second kappa shape index (κ2) is 5.82. The molecule has 0 radical (unpaired) electrons. The van der Waals surface area contributed by atoms with Crippen LogP contribution in [-0.4, -0.2) is 19.8 Å². The van der Waals surface area contributed by atoms with E-state index in [1.54, 1.807) is 18.2 Å². The van der Waals surface area contributed by atoms with E-state index in [0.29, 0.717) is 22.8 Å². The lowest BCUT2D eigenvalue weighted by Crippen LogP contribution is -2.33. The summed E-state index contributed by atoms with van der Waals surface area (Å²) in [5, 5.41) is -0.649. The molecule has 2 aromatic carbocycles. The third-order valence-corrected chi connectivity index (χ3v) is 3.88. The SMILES string of the molecule is COc1ccc(C(Cl)C2COc3ccccc3O2)c(F)c1. The molecule has 1 aliphatic rings. The minimum atomic E-state index is -0.649. The number of halogens is 2. The Labute approximate surface area is 127 Å². The molecule has 3 rings (SSSR count). The van der Waals surface area contributed by atoms with Gasteiger partial charge in [0.2, 0.25) is 0 Å². The molecule has 0 aromatic heterocycles. The lowest BCUT2D eigenvalue weighted by atomic mass is 10.1. The molecule has 21 heavy (non-hydrogen) atoms. The van der Waals surface area contributed by atoms with Crippen molar-refractivity contribution in [1.29, 1.82) is 0 Å². The minimum absolute atomic E-state index is 0.274. The van der Waals surface area contributed by atoms with Gasteiger partial charge in [-0.25, -0.2) is 4.39 Å². The number of alkyl halides is 1. The van der Waals surface area contributed by atoms with Crippen molar-refractivity contribution in [3.63, 3.8) is 0 Å². The van der Waals surface area contributed by atoms with Crippen molar-refractivity contribution < 1.29 is 18.6 Å². The van der Waals surface area contributed by atoms with Gasteiger partial charge in [-0.15, -0.1) is 11.6 Å². The van der Waals surface area contributed by atoms with Crippen molar-refractivity contribution in [3.8, 4) is 17.2 Å². The number of methoxy groups -OCH3 is 1. The topological polar surface area (TPSA) is 27.7 Å². The predicted octanol–water partition coefficient (Wildman–Crippen LogP) is 3.95. The van der Waals surface area contributed by atoms with Crippen LogP contribution in [0.5, 0.6) is 17.2 Å². The molecule has 3 nitrogen and oxygen atoms in total. The van der Waals surface area contributed by atoms with E-state index in [0.717, 1.165) is 0 Å². The van der Waals surface area contributed by atoms with E-state index in [-0.39, 0.29) is 6.61 Å². The quantitative estimate of drug-likeness (QED) is 0.803. The summed E-state index contributed by atoms with van der Waals surface area (Å²) < 4.78 is 30.5. The van der Waals surface area contributed by atoms with E-state index in [1.165, 1.54) is 13.2 Å². The Morgan fingerprint density at radius 1 is 1.24 bits per heavy atom. The van der Waals surface area contributed by atoms with E-state index in [9.17, 15) is 4.39 Å². The molecular weight excluding hydrogens is 295 g/mol. The van der Waals surface area contributed by atoms with Crippen LogP contribution in [0.1, 0.15) is 10.9 Å². The normalized spacial score (nSPS) is 18.1. The lowest BCUT2D eigenvalue weighted by Gasteiger charge is -2.29. The molecule has 0 N–H and O–H groups in total. The summed E-state index contributed by atoms with van der Waals surface area (Å²) >= 11 is 6.37. The fraction of sp³-hybridized carbons (Fsp3) is 0.250. The fourth-order valence-corrected chi connectivity index (χ4v) is 2.54. The number of fused-ring (bicyclic) bond motifs is 1. The first kappa shape index (κ1) is 14.0. The molecule has 0 fully saturated rings. The number of hydrogen-bond acceptors (Lipinski definition) is 3. The van der Waals surface area contributed by atoms with Crippen LogP contribution in [0, 0.1) is 5.82 Å². The van der Waals surface area contributed by atoms with Gasteiger partial charge in [0.1, 0.15) is 23.6 Å². The van der Waals surface area contributed by atoms with E-state index >= 15 is 0 Å². The number of hydrogen-bond donors (Lipinski definition) is 0. The maximum Gasteiger partial charge on any atom is 0.161 e. The van der Waals surface area contributed by atoms with Crippen molar-refractivity contribution in [2.45, 2.75) is 11.5 Å². The van der Waals surface area contributed by atoms with Crippen molar-refractivity contribution in [1.82, 2.24) is 0 Å². The summed E-state index contributed by atoms with van der Waals surface area (Å²) in [5.74, 6) is 1.32. The maximum absolute atomic E-state index is 14.1. The zero-order valence-corrected chi connectivity index (χ0v) is 12.1. The van der Waals surface area contributed by atoms with Gasteiger partial charge in [0.05, 0.1) is 7.11 Å². The summed E-state index contributed by atoms with van der Waals surface area (Å²) in [6.45, 7) is 0.274. The molecule has 0 amide bonds. The second-order valence-electron chi connectivity index (χ2n) is 4.70. The van der Waals surface area contributed by atoms with Crippen molar-refractivity contribution in [3.05, 3.63) is 53.8 Å². The van der Waals surface area contributed by atoms with Crippen LogP contribution in [0.15, 0.2) is 42.5 Å². The largest absolute Gasteiger partial charge is 0.497 e. The Morgan fingerprint density at radius 3 is 2.71 bits per heavy atom. The Morgan fingerprint density at radius 2 is 2.00 bits per heavy atom. The first-order valence-corrected chi connectivity index (χ1v) is 6.98. The van der Waals surface area contributed by atoms with Gasteiger partial charge < -0.3 is 14.2 Å². The summed E-state index contributed by atoms with van der Waals surface area (Å²) in [7, 11) is 1.49. The van der Waals surface area contributed by atoms with E-state index in [1.807, 2.05) is 18.2 Å². The molecule has 0 aliphatic carbocycles. The average Bonchev–Trinajstić information content (AvgIpc) is 2.53. The molecule has 5 heteroatoms. The molecule has 1 heterocycles. The first-order valence-electron chi connectivity index (χ1n) is 6.55. The smallest absolute Gasteiger partial charge is 0.161 e. The number of rotatable bonds is 3. The van der Waals surface area contributed by atoms with E-state index < -0.39 is 17.3 Å². The zero-order chi connectivity index (χ0) is 14.8. The average molecular weight is 309 g/mol. The summed E-state index contributed by atoms with van der Waals surface area (Å²) in [6, 6.07) is 11.9. The number of para-hydroxylation sites is 2. The Kier molecular flexibility index (Phi) is 3.88. The Hall–Kier alpha value is -1.94. The number of benzene rings is 2. The molecule has 0 saturated heterocycles. The van der Waals surface area contributed by atoms with Gasteiger partial charge in [0.25, 0.3) is 0 Å². The molecule has 0 spiro atoms. The van der Waals surface area contributed by atoms with Crippen LogP contribution < -0.4 is 14.2 Å². The minimum Gasteiger partial charge on any atom is -0.497 e. The van der Waals surface area contributed by atoms with Gasteiger partial charge in [-0.2, -0.15) is 0 Å². The van der Waals surface area contributed by atoms with Crippen LogP contribution >= 0.6 is 11.6 Å². The van der Waals surface area contributed by atoms with Crippen LogP contribution in [0.4, 0.5) is 4.39 Å². The third-order valence-electron chi connectivity index (χ3n) is 3.36.